The van der Waals surface area contributed by atoms with Crippen molar-refractivity contribution < 1.29 is 4.39 Å². The van der Waals surface area contributed by atoms with Crippen LogP contribution in [0.5, 0.6) is 0 Å². The molecular weight excluding hydrogens is 334 g/mol. The van der Waals surface area contributed by atoms with Crippen LogP contribution in [0.15, 0.2) is 12.1 Å². The first-order chi connectivity index (χ1) is 9.15. The molecular formula is C15H24Cl3FN2. The van der Waals surface area contributed by atoms with Gasteiger partial charge in [0, 0.05) is 37.8 Å². The monoisotopic (exact) mass is 356 g/mol. The molecule has 6 heteroatoms. The van der Waals surface area contributed by atoms with Gasteiger partial charge in [-0.2, -0.15) is 0 Å². The zero-order valence-electron chi connectivity index (χ0n) is 12.5. The molecule has 1 aromatic carbocycles. The third-order valence-corrected chi connectivity index (χ3v) is 4.31. The molecule has 1 fully saturated rings. The van der Waals surface area contributed by atoms with Crippen LogP contribution in [0.25, 0.3) is 0 Å². The summed E-state index contributed by atoms with van der Waals surface area (Å²) in [6.07, 6.45) is 1.97. The smallest absolute Gasteiger partial charge is 0.129 e. The lowest BCUT2D eigenvalue weighted by Crippen LogP contribution is -2.45. The summed E-state index contributed by atoms with van der Waals surface area (Å²) >= 11 is 6.37. The molecule has 0 spiro atoms. The number of benzene rings is 1. The zero-order chi connectivity index (χ0) is 13.8. The Hall–Kier alpha value is -0.0600. The number of hydrogen-bond acceptors (Lipinski definition) is 2. The van der Waals surface area contributed by atoms with Crippen molar-refractivity contribution >= 4 is 36.4 Å². The highest BCUT2D eigenvalue weighted by Gasteiger charge is 2.26. The van der Waals surface area contributed by atoms with Gasteiger partial charge in [0.05, 0.1) is 5.02 Å². The topological polar surface area (TPSA) is 15.3 Å². The second-order valence-electron chi connectivity index (χ2n) is 5.18. The molecule has 0 aromatic heterocycles. The van der Waals surface area contributed by atoms with E-state index in [4.69, 9.17) is 11.6 Å². The van der Waals surface area contributed by atoms with Crippen LogP contribution in [0.2, 0.25) is 5.02 Å². The summed E-state index contributed by atoms with van der Waals surface area (Å²) in [4.78, 5) is 2.35. The van der Waals surface area contributed by atoms with Gasteiger partial charge in [-0.1, -0.05) is 31.0 Å². The predicted octanol–water partition coefficient (Wildman–Crippen LogP) is 4.38. The summed E-state index contributed by atoms with van der Waals surface area (Å²) in [5, 5.41) is 3.93. The Labute approximate surface area is 144 Å². The fourth-order valence-corrected chi connectivity index (χ4v) is 3.04. The van der Waals surface area contributed by atoms with Crippen molar-refractivity contribution in [1.29, 1.82) is 0 Å². The molecule has 1 saturated heterocycles. The average molecular weight is 358 g/mol. The van der Waals surface area contributed by atoms with Crippen LogP contribution in [0, 0.1) is 12.7 Å². The van der Waals surface area contributed by atoms with Gasteiger partial charge in [0.15, 0.2) is 0 Å². The van der Waals surface area contributed by atoms with E-state index in [0.717, 1.165) is 44.6 Å². The van der Waals surface area contributed by atoms with Crippen LogP contribution in [0.1, 0.15) is 36.9 Å². The minimum atomic E-state index is -0.174. The van der Waals surface area contributed by atoms with E-state index in [1.165, 1.54) is 0 Å². The summed E-state index contributed by atoms with van der Waals surface area (Å²) < 4.78 is 14.2. The first-order valence-corrected chi connectivity index (χ1v) is 7.42. The summed E-state index contributed by atoms with van der Waals surface area (Å²) in [5.41, 5.74) is 1.64. The van der Waals surface area contributed by atoms with Crippen LogP contribution >= 0.6 is 36.4 Å². The molecule has 2 rings (SSSR count). The molecule has 1 aliphatic heterocycles. The largest absolute Gasteiger partial charge is 0.314 e. The third kappa shape index (κ3) is 4.97. The quantitative estimate of drug-likeness (QED) is 0.860. The molecule has 1 heterocycles. The molecule has 0 bridgehead atoms. The maximum atomic E-state index is 14.2. The van der Waals surface area contributed by atoms with Gasteiger partial charge in [0.25, 0.3) is 0 Å². The van der Waals surface area contributed by atoms with Crippen molar-refractivity contribution in [3.05, 3.63) is 34.1 Å². The van der Waals surface area contributed by atoms with E-state index in [0.29, 0.717) is 10.6 Å². The molecule has 1 aromatic rings. The van der Waals surface area contributed by atoms with Crippen LogP contribution in [-0.2, 0) is 0 Å². The molecule has 122 valence electrons. The minimum absolute atomic E-state index is 0. The summed E-state index contributed by atoms with van der Waals surface area (Å²) in [6.45, 7) is 7.90. The van der Waals surface area contributed by atoms with Gasteiger partial charge in [-0.25, -0.2) is 4.39 Å². The van der Waals surface area contributed by atoms with Gasteiger partial charge in [-0.05, 0) is 25.0 Å². The molecule has 0 unspecified atom stereocenters. The van der Waals surface area contributed by atoms with Gasteiger partial charge in [-0.3, -0.25) is 4.90 Å². The van der Waals surface area contributed by atoms with E-state index in [1.807, 2.05) is 6.92 Å². The number of rotatable bonds is 4. The van der Waals surface area contributed by atoms with Crippen LogP contribution in [-0.4, -0.2) is 31.1 Å². The van der Waals surface area contributed by atoms with Crippen molar-refractivity contribution in [2.45, 2.75) is 32.7 Å². The summed E-state index contributed by atoms with van der Waals surface area (Å²) in [6, 6.07) is 3.39. The Morgan fingerprint density at radius 1 is 1.29 bits per heavy atom. The maximum Gasteiger partial charge on any atom is 0.129 e. The van der Waals surface area contributed by atoms with E-state index in [-0.39, 0.29) is 36.7 Å². The predicted molar refractivity (Wildman–Crippen MR) is 92.7 cm³/mol. The Morgan fingerprint density at radius 3 is 2.48 bits per heavy atom. The number of aryl methyl sites for hydroxylation is 1. The highest BCUT2D eigenvalue weighted by atomic mass is 35.5. The van der Waals surface area contributed by atoms with Gasteiger partial charge >= 0.3 is 0 Å². The molecule has 1 atom stereocenters. The number of halogens is 4. The fourth-order valence-electron chi connectivity index (χ4n) is 2.76. The molecule has 21 heavy (non-hydrogen) atoms. The van der Waals surface area contributed by atoms with Gasteiger partial charge in [0.1, 0.15) is 5.82 Å². The Bertz CT molecular complexity index is 437. The normalized spacial score (nSPS) is 16.8. The molecule has 0 amide bonds. The van der Waals surface area contributed by atoms with E-state index >= 15 is 0 Å². The van der Waals surface area contributed by atoms with Gasteiger partial charge in [-0.15, -0.1) is 24.8 Å². The van der Waals surface area contributed by atoms with Gasteiger partial charge < -0.3 is 5.32 Å². The number of nitrogens with zero attached hydrogens (tertiary/aromatic N) is 1. The number of piperazine rings is 1. The Morgan fingerprint density at radius 2 is 1.90 bits per heavy atom. The second kappa shape index (κ2) is 9.86. The van der Waals surface area contributed by atoms with E-state index in [2.05, 4.69) is 17.1 Å². The zero-order valence-corrected chi connectivity index (χ0v) is 14.9. The van der Waals surface area contributed by atoms with Crippen molar-refractivity contribution in [2.24, 2.45) is 0 Å². The van der Waals surface area contributed by atoms with Crippen LogP contribution < -0.4 is 5.32 Å². The lowest BCUT2D eigenvalue weighted by atomic mass is 9.97. The molecule has 2 nitrogen and oxygen atoms in total. The van der Waals surface area contributed by atoms with Gasteiger partial charge in [0.2, 0.25) is 0 Å². The van der Waals surface area contributed by atoms with Crippen LogP contribution in [0.3, 0.4) is 0 Å². The van der Waals surface area contributed by atoms with E-state index in [1.54, 1.807) is 12.1 Å². The van der Waals surface area contributed by atoms with Crippen molar-refractivity contribution in [2.75, 3.05) is 26.2 Å². The average Bonchev–Trinajstić information content (AvgIpc) is 2.43. The standard InChI is InChI=1S/C15H22ClFN2.2ClH/c1-3-4-13(19-9-7-18-8-10-19)14-12(17)6-5-11(2)15(14)16;;/h5-6,13,18H,3-4,7-10H2,1-2H3;2*1H/t13-;;/m0../s1. The minimum Gasteiger partial charge on any atom is -0.314 e. The Kier molecular flexibility index (Phi) is 9.83. The highest BCUT2D eigenvalue weighted by Crippen LogP contribution is 2.35. The van der Waals surface area contributed by atoms with Crippen molar-refractivity contribution in [3.63, 3.8) is 0 Å². The Balaban J connectivity index is 0.00000200. The first kappa shape index (κ1) is 20.9. The first-order valence-electron chi connectivity index (χ1n) is 7.04. The van der Waals surface area contributed by atoms with Crippen molar-refractivity contribution in [1.82, 2.24) is 10.2 Å². The van der Waals surface area contributed by atoms with Crippen LogP contribution in [0.4, 0.5) is 4.39 Å². The summed E-state index contributed by atoms with van der Waals surface area (Å²) in [7, 11) is 0. The molecule has 0 saturated carbocycles. The lowest BCUT2D eigenvalue weighted by Gasteiger charge is -2.36. The third-order valence-electron chi connectivity index (χ3n) is 3.81. The number of nitrogens with one attached hydrogen (secondary N) is 1. The SMILES string of the molecule is CCC[C@@H](c1c(F)ccc(C)c1Cl)N1CCNCC1.Cl.Cl. The number of hydrogen-bond donors (Lipinski definition) is 1. The second-order valence-corrected chi connectivity index (χ2v) is 5.56. The highest BCUT2D eigenvalue weighted by molar-refractivity contribution is 6.32. The van der Waals surface area contributed by atoms with Crippen molar-refractivity contribution in [3.8, 4) is 0 Å². The lowest BCUT2D eigenvalue weighted by molar-refractivity contribution is 0.161. The summed E-state index contributed by atoms with van der Waals surface area (Å²) in [5.74, 6) is -0.174. The molecule has 1 N–H and O–H groups in total. The molecule has 0 radical (unpaired) electrons. The van der Waals surface area contributed by atoms with E-state index < -0.39 is 0 Å². The molecule has 0 aliphatic carbocycles. The maximum absolute atomic E-state index is 14.2. The fraction of sp³-hybridized carbons (Fsp3) is 0.600. The molecule has 1 aliphatic rings. The van der Waals surface area contributed by atoms with E-state index in [9.17, 15) is 4.39 Å².